The van der Waals surface area contributed by atoms with E-state index in [1.54, 1.807) is 24.3 Å². The molecule has 2 rings (SSSR count). The SMILES string of the molecule is CCCC(N)C(=O)Nc1ccc(NC(=O)CCN2C(=O)CNC2=O)cc1.Cl. The Morgan fingerprint density at radius 3 is 2.30 bits per heavy atom. The van der Waals surface area contributed by atoms with E-state index in [4.69, 9.17) is 5.73 Å². The van der Waals surface area contributed by atoms with Gasteiger partial charge in [0.1, 0.15) is 0 Å². The second kappa shape index (κ2) is 10.5. The number of anilines is 2. The lowest BCUT2D eigenvalue weighted by Gasteiger charge is -2.13. The lowest BCUT2D eigenvalue weighted by Crippen LogP contribution is -2.35. The average molecular weight is 398 g/mol. The zero-order valence-electron chi connectivity index (χ0n) is 15.0. The van der Waals surface area contributed by atoms with Crippen LogP contribution in [0.2, 0.25) is 0 Å². The van der Waals surface area contributed by atoms with Gasteiger partial charge in [0.2, 0.25) is 17.7 Å². The molecular formula is C17H24ClN5O4. The molecule has 1 aromatic carbocycles. The van der Waals surface area contributed by atoms with Crippen LogP contribution in [0.4, 0.5) is 16.2 Å². The summed E-state index contributed by atoms with van der Waals surface area (Å²) >= 11 is 0. The number of nitrogens with zero attached hydrogens (tertiary/aromatic N) is 1. The summed E-state index contributed by atoms with van der Waals surface area (Å²) < 4.78 is 0. The lowest BCUT2D eigenvalue weighted by atomic mass is 10.1. The molecule has 9 nitrogen and oxygen atoms in total. The minimum atomic E-state index is -0.551. The molecule has 0 aliphatic carbocycles. The fourth-order valence-electron chi connectivity index (χ4n) is 2.43. The summed E-state index contributed by atoms with van der Waals surface area (Å²) in [5, 5.41) is 7.78. The molecule has 0 bridgehead atoms. The van der Waals surface area contributed by atoms with Gasteiger partial charge in [0.15, 0.2) is 0 Å². The quantitative estimate of drug-likeness (QED) is 0.486. The molecule has 0 radical (unpaired) electrons. The van der Waals surface area contributed by atoms with Gasteiger partial charge in [0.25, 0.3) is 0 Å². The third-order valence-corrected chi connectivity index (χ3v) is 3.87. The van der Waals surface area contributed by atoms with Crippen molar-refractivity contribution in [2.24, 2.45) is 5.73 Å². The maximum absolute atomic E-state index is 11.9. The smallest absolute Gasteiger partial charge is 0.324 e. The Labute approximate surface area is 163 Å². The molecule has 1 aliphatic rings. The first kappa shape index (κ1) is 22.4. The van der Waals surface area contributed by atoms with Crippen LogP contribution in [0.15, 0.2) is 24.3 Å². The van der Waals surface area contributed by atoms with Gasteiger partial charge < -0.3 is 21.7 Å². The molecule has 1 aromatic rings. The minimum absolute atomic E-state index is 0. The van der Waals surface area contributed by atoms with Crippen LogP contribution in [-0.2, 0) is 14.4 Å². The molecule has 0 aromatic heterocycles. The molecule has 1 unspecified atom stereocenters. The maximum Gasteiger partial charge on any atom is 0.324 e. The van der Waals surface area contributed by atoms with Gasteiger partial charge in [-0.15, -0.1) is 12.4 Å². The highest BCUT2D eigenvalue weighted by molar-refractivity contribution is 6.02. The first-order valence-electron chi connectivity index (χ1n) is 8.45. The van der Waals surface area contributed by atoms with E-state index in [2.05, 4.69) is 16.0 Å². The predicted molar refractivity (Wildman–Crippen MR) is 104 cm³/mol. The highest BCUT2D eigenvalue weighted by Gasteiger charge is 2.28. The molecule has 27 heavy (non-hydrogen) atoms. The van der Waals surface area contributed by atoms with Gasteiger partial charge in [-0.3, -0.25) is 19.3 Å². The summed E-state index contributed by atoms with van der Waals surface area (Å²) in [6.07, 6.45) is 1.44. The highest BCUT2D eigenvalue weighted by Crippen LogP contribution is 2.14. The number of carbonyl (C=O) groups excluding carboxylic acids is 4. The van der Waals surface area contributed by atoms with E-state index in [0.29, 0.717) is 17.8 Å². The lowest BCUT2D eigenvalue weighted by molar-refractivity contribution is -0.125. The molecule has 10 heteroatoms. The first-order chi connectivity index (χ1) is 12.4. The first-order valence-corrected chi connectivity index (χ1v) is 8.45. The Kier molecular flexibility index (Phi) is 8.70. The zero-order valence-corrected chi connectivity index (χ0v) is 15.8. The van der Waals surface area contributed by atoms with E-state index < -0.39 is 12.1 Å². The summed E-state index contributed by atoms with van der Waals surface area (Å²) in [7, 11) is 0. The molecule has 1 fully saturated rings. The van der Waals surface area contributed by atoms with Crippen molar-refractivity contribution in [3.05, 3.63) is 24.3 Å². The van der Waals surface area contributed by atoms with Gasteiger partial charge >= 0.3 is 6.03 Å². The Hall–Kier alpha value is -2.65. The van der Waals surface area contributed by atoms with Crippen molar-refractivity contribution in [1.82, 2.24) is 10.2 Å². The number of hydrogen-bond donors (Lipinski definition) is 4. The molecule has 148 valence electrons. The molecule has 1 aliphatic heterocycles. The van der Waals surface area contributed by atoms with Crippen LogP contribution in [-0.4, -0.2) is 47.8 Å². The van der Waals surface area contributed by atoms with E-state index in [0.717, 1.165) is 11.3 Å². The second-order valence-corrected chi connectivity index (χ2v) is 5.96. The van der Waals surface area contributed by atoms with Crippen LogP contribution in [0.1, 0.15) is 26.2 Å². The van der Waals surface area contributed by atoms with E-state index >= 15 is 0 Å². The average Bonchev–Trinajstić information content (AvgIpc) is 2.93. The molecular weight excluding hydrogens is 374 g/mol. The van der Waals surface area contributed by atoms with Crippen molar-refractivity contribution in [1.29, 1.82) is 0 Å². The second-order valence-electron chi connectivity index (χ2n) is 5.96. The fraction of sp³-hybridized carbons (Fsp3) is 0.412. The largest absolute Gasteiger partial charge is 0.329 e. The maximum atomic E-state index is 11.9. The molecule has 0 spiro atoms. The van der Waals surface area contributed by atoms with Crippen LogP contribution < -0.4 is 21.7 Å². The monoisotopic (exact) mass is 397 g/mol. The molecule has 1 saturated heterocycles. The predicted octanol–water partition coefficient (Wildman–Crippen LogP) is 1.05. The number of nitrogens with one attached hydrogen (secondary N) is 3. The molecule has 0 saturated carbocycles. The molecule has 1 heterocycles. The van der Waals surface area contributed by atoms with Crippen LogP contribution in [0.5, 0.6) is 0 Å². The van der Waals surface area contributed by atoms with Crippen molar-refractivity contribution in [2.75, 3.05) is 23.7 Å². The van der Waals surface area contributed by atoms with Crippen LogP contribution in [0.25, 0.3) is 0 Å². The normalized spacial score (nSPS) is 14.2. The Bertz CT molecular complexity index is 679. The van der Waals surface area contributed by atoms with Crippen LogP contribution in [0.3, 0.4) is 0 Å². The fourth-order valence-corrected chi connectivity index (χ4v) is 2.43. The van der Waals surface area contributed by atoms with Crippen molar-refractivity contribution in [3.8, 4) is 0 Å². The number of amides is 5. The molecule has 5 amide bonds. The van der Waals surface area contributed by atoms with E-state index in [1.165, 1.54) is 0 Å². The topological polar surface area (TPSA) is 134 Å². The third kappa shape index (κ3) is 6.54. The number of benzene rings is 1. The molecule has 1 atom stereocenters. The third-order valence-electron chi connectivity index (χ3n) is 3.87. The molecule has 5 N–H and O–H groups in total. The van der Waals surface area contributed by atoms with E-state index in [-0.39, 0.29) is 49.6 Å². The number of imide groups is 1. The number of nitrogens with two attached hydrogens (primary N) is 1. The van der Waals surface area contributed by atoms with Gasteiger partial charge in [0, 0.05) is 24.3 Å². The standard InChI is InChI=1S/C17H23N5O4.ClH/c1-2-3-13(18)16(25)21-12-6-4-11(5-7-12)20-14(23)8-9-22-15(24)10-19-17(22)26;/h4-7,13H,2-3,8-10,18H2,1H3,(H,19,26)(H,20,23)(H,21,25);1H. The number of hydrogen-bond acceptors (Lipinski definition) is 5. The van der Waals surface area contributed by atoms with Gasteiger partial charge in [-0.2, -0.15) is 0 Å². The zero-order chi connectivity index (χ0) is 19.1. The summed E-state index contributed by atoms with van der Waals surface area (Å²) in [6.45, 7) is 1.95. The van der Waals surface area contributed by atoms with Gasteiger partial charge in [-0.05, 0) is 30.7 Å². The minimum Gasteiger partial charge on any atom is -0.329 e. The summed E-state index contributed by atoms with van der Waals surface area (Å²) in [5.41, 5.74) is 6.88. The van der Waals surface area contributed by atoms with Crippen molar-refractivity contribution in [2.45, 2.75) is 32.2 Å². The Morgan fingerprint density at radius 1 is 1.19 bits per heavy atom. The van der Waals surface area contributed by atoms with Crippen LogP contribution >= 0.6 is 12.4 Å². The van der Waals surface area contributed by atoms with Crippen molar-refractivity contribution >= 4 is 47.5 Å². The van der Waals surface area contributed by atoms with E-state index in [1.807, 2.05) is 6.92 Å². The Balaban J connectivity index is 0.00000364. The van der Waals surface area contributed by atoms with Gasteiger partial charge in [0.05, 0.1) is 12.6 Å². The summed E-state index contributed by atoms with van der Waals surface area (Å²) in [6, 6.07) is 5.57. The van der Waals surface area contributed by atoms with Gasteiger partial charge in [-0.1, -0.05) is 13.3 Å². The number of halogens is 1. The summed E-state index contributed by atoms with van der Waals surface area (Å²) in [4.78, 5) is 47.6. The summed E-state index contributed by atoms with van der Waals surface area (Å²) in [5.74, 6) is -0.916. The Morgan fingerprint density at radius 2 is 1.78 bits per heavy atom. The number of rotatable bonds is 8. The van der Waals surface area contributed by atoms with Crippen molar-refractivity contribution in [3.63, 3.8) is 0 Å². The highest BCUT2D eigenvalue weighted by atomic mass is 35.5. The number of urea groups is 1. The van der Waals surface area contributed by atoms with E-state index in [9.17, 15) is 19.2 Å². The number of carbonyl (C=O) groups is 4. The van der Waals surface area contributed by atoms with Crippen LogP contribution in [0, 0.1) is 0 Å². The van der Waals surface area contributed by atoms with Crippen molar-refractivity contribution < 1.29 is 19.2 Å². The van der Waals surface area contributed by atoms with Gasteiger partial charge in [-0.25, -0.2) is 4.79 Å².